The minimum atomic E-state index is -0.830. The summed E-state index contributed by atoms with van der Waals surface area (Å²) in [5.74, 6) is -2.64. The van der Waals surface area contributed by atoms with Crippen molar-refractivity contribution in [1.29, 1.82) is 0 Å². The standard InChI is InChI=1S/C35H31ClF2N2O4/c1-2-44-33(43)19-25(41)16-21-10-12-27-23-7-5-6-22(18-23)26(8-3-4-9-32(42)40-31(27)17-21)30-15-11-24(20-39-30)34-29(37)14-13-28(36)35(34)38/h5-7,10-15,17-18,20,26H,2-4,8-9,16,19H2,1H3,(H,40,42). The molecule has 1 aliphatic heterocycles. The summed E-state index contributed by atoms with van der Waals surface area (Å²) >= 11 is 5.90. The second kappa shape index (κ2) is 13.9. The van der Waals surface area contributed by atoms with Crippen molar-refractivity contribution < 1.29 is 27.9 Å². The van der Waals surface area contributed by atoms with Crippen LogP contribution in [0.25, 0.3) is 22.3 Å². The molecule has 5 rings (SSSR count). The topological polar surface area (TPSA) is 85.4 Å². The third-order valence-corrected chi connectivity index (χ3v) is 7.92. The van der Waals surface area contributed by atoms with Crippen molar-refractivity contribution in [2.45, 2.75) is 51.4 Å². The summed E-state index contributed by atoms with van der Waals surface area (Å²) in [4.78, 5) is 41.7. The molecule has 0 saturated heterocycles. The van der Waals surface area contributed by atoms with Crippen LogP contribution < -0.4 is 5.32 Å². The van der Waals surface area contributed by atoms with Crippen molar-refractivity contribution in [3.8, 4) is 22.3 Å². The van der Waals surface area contributed by atoms with Crippen LogP contribution in [0.1, 0.15) is 61.8 Å². The Morgan fingerprint density at radius 2 is 1.86 bits per heavy atom. The monoisotopic (exact) mass is 616 g/mol. The van der Waals surface area contributed by atoms with Crippen molar-refractivity contribution in [2.75, 3.05) is 11.9 Å². The lowest BCUT2D eigenvalue weighted by molar-refractivity contribution is -0.145. The zero-order valence-corrected chi connectivity index (χ0v) is 24.9. The zero-order valence-electron chi connectivity index (χ0n) is 24.2. The van der Waals surface area contributed by atoms with Crippen LogP contribution in [0.2, 0.25) is 5.02 Å². The molecule has 4 aromatic rings. The first kappa shape index (κ1) is 31.0. The molecular weight excluding hydrogens is 586 g/mol. The van der Waals surface area contributed by atoms with Gasteiger partial charge < -0.3 is 10.1 Å². The fourth-order valence-electron chi connectivity index (χ4n) is 5.53. The number of ketones is 1. The third kappa shape index (κ3) is 7.19. The molecule has 1 aromatic heterocycles. The quantitative estimate of drug-likeness (QED) is 0.129. The average Bonchev–Trinajstić information content (AvgIpc) is 2.99. The number of nitrogens with one attached hydrogen (secondary N) is 1. The fourth-order valence-corrected chi connectivity index (χ4v) is 5.68. The largest absolute Gasteiger partial charge is 0.466 e. The maximum absolute atomic E-state index is 14.7. The summed E-state index contributed by atoms with van der Waals surface area (Å²) in [5.41, 5.74) is 4.73. The maximum Gasteiger partial charge on any atom is 0.313 e. The predicted octanol–water partition coefficient (Wildman–Crippen LogP) is 8.06. The first-order chi connectivity index (χ1) is 21.2. The molecule has 0 spiro atoms. The molecule has 6 nitrogen and oxygen atoms in total. The first-order valence-electron chi connectivity index (χ1n) is 14.5. The van der Waals surface area contributed by atoms with Crippen LogP contribution in [0, 0.1) is 11.6 Å². The number of amides is 1. The number of anilines is 1. The van der Waals surface area contributed by atoms with Crippen molar-refractivity contribution in [3.63, 3.8) is 0 Å². The van der Waals surface area contributed by atoms with Gasteiger partial charge in [0.15, 0.2) is 5.82 Å². The fraction of sp³-hybridized carbons (Fsp3) is 0.257. The van der Waals surface area contributed by atoms with Gasteiger partial charge in [-0.15, -0.1) is 0 Å². The van der Waals surface area contributed by atoms with Gasteiger partial charge in [-0.25, -0.2) is 8.78 Å². The minimum Gasteiger partial charge on any atom is -0.466 e. The molecule has 1 N–H and O–H groups in total. The van der Waals surface area contributed by atoms with Crippen LogP contribution in [0.4, 0.5) is 14.5 Å². The maximum atomic E-state index is 14.7. The van der Waals surface area contributed by atoms with Crippen LogP contribution in [-0.4, -0.2) is 29.3 Å². The smallest absolute Gasteiger partial charge is 0.313 e. The average molecular weight is 617 g/mol. The number of esters is 1. The van der Waals surface area contributed by atoms with Crippen LogP contribution in [0.15, 0.2) is 72.9 Å². The van der Waals surface area contributed by atoms with E-state index in [0.29, 0.717) is 24.1 Å². The number of carbonyl (C=O) groups is 3. The number of nitrogens with zero attached hydrogens (tertiary/aromatic N) is 1. The van der Waals surface area contributed by atoms with Crippen LogP contribution in [0.5, 0.6) is 0 Å². The third-order valence-electron chi connectivity index (χ3n) is 7.63. The van der Waals surface area contributed by atoms with Gasteiger partial charge in [0.2, 0.25) is 5.91 Å². The molecule has 0 aliphatic carbocycles. The molecule has 1 atom stereocenters. The van der Waals surface area contributed by atoms with Gasteiger partial charge in [0.25, 0.3) is 0 Å². The van der Waals surface area contributed by atoms with Gasteiger partial charge in [0.1, 0.15) is 18.0 Å². The number of hydrogen-bond donors (Lipinski definition) is 1. The Hall–Kier alpha value is -4.43. The number of hydrogen-bond acceptors (Lipinski definition) is 5. The molecule has 3 aromatic carbocycles. The Morgan fingerprint density at radius 3 is 2.64 bits per heavy atom. The van der Waals surface area contributed by atoms with E-state index < -0.39 is 17.6 Å². The number of rotatable bonds is 7. The normalized spacial score (nSPS) is 14.9. The number of benzene rings is 3. The Morgan fingerprint density at radius 1 is 1.02 bits per heavy atom. The Labute approximate surface area is 259 Å². The molecular formula is C35H31ClF2N2O4. The molecule has 1 aliphatic rings. The number of aromatic nitrogens is 1. The molecule has 0 saturated carbocycles. The zero-order chi connectivity index (χ0) is 31.2. The van der Waals surface area contributed by atoms with Crippen LogP contribution in [0.3, 0.4) is 0 Å². The summed E-state index contributed by atoms with van der Waals surface area (Å²) in [6.45, 7) is 1.90. The molecule has 2 heterocycles. The summed E-state index contributed by atoms with van der Waals surface area (Å²) < 4.78 is 34.0. The second-order valence-electron chi connectivity index (χ2n) is 10.7. The highest BCUT2D eigenvalue weighted by Crippen LogP contribution is 2.37. The highest BCUT2D eigenvalue weighted by Gasteiger charge is 2.21. The Kier molecular flexibility index (Phi) is 9.80. The van der Waals surface area contributed by atoms with Crippen LogP contribution in [-0.2, 0) is 25.5 Å². The van der Waals surface area contributed by atoms with Gasteiger partial charge >= 0.3 is 5.97 Å². The summed E-state index contributed by atoms with van der Waals surface area (Å²) in [6, 6.07) is 19.2. The van der Waals surface area contributed by atoms with E-state index in [1.54, 1.807) is 25.1 Å². The van der Waals surface area contributed by atoms with E-state index in [0.717, 1.165) is 41.3 Å². The number of Topliss-reactive ketones (excluding diaryl/α,β-unsaturated/α-hetero) is 1. The SMILES string of the molecule is CCOC(=O)CC(=O)Cc1ccc2c(c1)NC(=O)CCCCC(c1ccc(-c3c(F)ccc(Cl)c3F)cn1)c1cccc-2c1. The summed E-state index contributed by atoms with van der Waals surface area (Å²) in [7, 11) is 0. The van der Waals surface area contributed by atoms with Gasteiger partial charge in [-0.3, -0.25) is 19.4 Å². The number of ether oxygens (including phenoxy) is 1. The highest BCUT2D eigenvalue weighted by molar-refractivity contribution is 6.31. The summed E-state index contributed by atoms with van der Waals surface area (Å²) in [6.07, 6.45) is 3.61. The number of halogens is 3. The lowest BCUT2D eigenvalue weighted by atomic mass is 9.87. The molecule has 9 heteroatoms. The Bertz CT molecular complexity index is 1710. The van der Waals surface area contributed by atoms with E-state index in [1.807, 2.05) is 30.3 Å². The van der Waals surface area contributed by atoms with Crippen molar-refractivity contribution in [3.05, 3.63) is 106 Å². The van der Waals surface area contributed by atoms with Crippen LogP contribution >= 0.6 is 11.6 Å². The lowest BCUT2D eigenvalue weighted by Crippen LogP contribution is -2.15. The molecule has 226 valence electrons. The van der Waals surface area contributed by atoms with Crippen molar-refractivity contribution >= 4 is 34.9 Å². The van der Waals surface area contributed by atoms with Gasteiger partial charge in [-0.2, -0.15) is 0 Å². The van der Waals surface area contributed by atoms with Crippen molar-refractivity contribution in [2.24, 2.45) is 0 Å². The number of fused-ring (bicyclic) bond motifs is 4. The molecule has 44 heavy (non-hydrogen) atoms. The van der Waals surface area contributed by atoms with Gasteiger partial charge in [-0.05, 0) is 60.7 Å². The number of carbonyl (C=O) groups excluding carboxylic acids is 3. The lowest BCUT2D eigenvalue weighted by Gasteiger charge is -2.21. The summed E-state index contributed by atoms with van der Waals surface area (Å²) in [5, 5.41) is 2.85. The molecule has 1 unspecified atom stereocenters. The van der Waals surface area contributed by atoms with E-state index >= 15 is 0 Å². The number of pyridine rings is 1. The Balaban J connectivity index is 1.47. The molecule has 2 bridgehead atoms. The van der Waals surface area contributed by atoms with Gasteiger partial charge in [0.05, 0.1) is 17.2 Å². The van der Waals surface area contributed by atoms with Crippen molar-refractivity contribution in [1.82, 2.24) is 4.98 Å². The van der Waals surface area contributed by atoms with E-state index in [9.17, 15) is 23.2 Å². The van der Waals surface area contributed by atoms with E-state index in [1.165, 1.54) is 12.3 Å². The minimum absolute atomic E-state index is 0.0364. The van der Waals surface area contributed by atoms with E-state index in [4.69, 9.17) is 16.3 Å². The molecule has 0 fully saturated rings. The molecule has 0 radical (unpaired) electrons. The van der Waals surface area contributed by atoms with Gasteiger partial charge in [-0.1, -0.05) is 60.5 Å². The predicted molar refractivity (Wildman–Crippen MR) is 165 cm³/mol. The highest BCUT2D eigenvalue weighted by atomic mass is 35.5. The second-order valence-corrected chi connectivity index (χ2v) is 11.1. The first-order valence-corrected chi connectivity index (χ1v) is 14.9. The molecule has 1 amide bonds. The van der Waals surface area contributed by atoms with E-state index in [-0.39, 0.29) is 53.2 Å². The van der Waals surface area contributed by atoms with E-state index in [2.05, 4.69) is 16.4 Å². The van der Waals surface area contributed by atoms with Gasteiger partial charge in [0, 0.05) is 47.5 Å².